The molecule has 31 heavy (non-hydrogen) atoms. The SMILES string of the molecule is CCc1cccc(NC(=O)CN2C(=O)CS/C2=C\C(=O)c2ccc(C(C)(C)C)cc2)c1. The van der Waals surface area contributed by atoms with E-state index in [4.69, 9.17) is 0 Å². The first-order chi connectivity index (χ1) is 14.7. The molecular weight excluding hydrogens is 408 g/mol. The van der Waals surface area contributed by atoms with Crippen molar-refractivity contribution >= 4 is 35.0 Å². The molecule has 2 aromatic carbocycles. The van der Waals surface area contributed by atoms with Gasteiger partial charge in [0.25, 0.3) is 0 Å². The van der Waals surface area contributed by atoms with Crippen molar-refractivity contribution in [3.05, 3.63) is 76.3 Å². The van der Waals surface area contributed by atoms with Crippen LogP contribution in [-0.2, 0) is 21.4 Å². The highest BCUT2D eigenvalue weighted by molar-refractivity contribution is 8.04. The van der Waals surface area contributed by atoms with E-state index < -0.39 is 0 Å². The zero-order valence-electron chi connectivity index (χ0n) is 18.4. The molecule has 162 valence electrons. The number of amides is 2. The average Bonchev–Trinajstić information content (AvgIpc) is 3.06. The van der Waals surface area contributed by atoms with Crippen molar-refractivity contribution in [3.63, 3.8) is 0 Å². The zero-order chi connectivity index (χ0) is 22.6. The maximum atomic E-state index is 12.7. The van der Waals surface area contributed by atoms with Crippen molar-refractivity contribution in [1.29, 1.82) is 0 Å². The van der Waals surface area contributed by atoms with Crippen LogP contribution in [0.25, 0.3) is 0 Å². The fourth-order valence-electron chi connectivity index (χ4n) is 3.24. The third kappa shape index (κ3) is 5.85. The summed E-state index contributed by atoms with van der Waals surface area (Å²) in [6, 6.07) is 15.1. The van der Waals surface area contributed by atoms with Gasteiger partial charge in [-0.25, -0.2) is 0 Å². The largest absolute Gasteiger partial charge is 0.325 e. The van der Waals surface area contributed by atoms with E-state index in [9.17, 15) is 14.4 Å². The van der Waals surface area contributed by atoms with Crippen molar-refractivity contribution in [3.8, 4) is 0 Å². The van der Waals surface area contributed by atoms with Crippen molar-refractivity contribution in [2.24, 2.45) is 0 Å². The average molecular weight is 437 g/mol. The Balaban J connectivity index is 1.70. The number of aryl methyl sites for hydroxylation is 1. The topological polar surface area (TPSA) is 66.5 Å². The highest BCUT2D eigenvalue weighted by Gasteiger charge is 2.29. The number of carbonyl (C=O) groups excluding carboxylic acids is 3. The van der Waals surface area contributed by atoms with E-state index >= 15 is 0 Å². The van der Waals surface area contributed by atoms with Crippen molar-refractivity contribution in [2.45, 2.75) is 39.5 Å². The van der Waals surface area contributed by atoms with Gasteiger partial charge in [0, 0.05) is 17.3 Å². The first kappa shape index (κ1) is 22.8. The Kier molecular flexibility index (Phi) is 7.01. The van der Waals surface area contributed by atoms with E-state index in [1.54, 1.807) is 12.1 Å². The van der Waals surface area contributed by atoms with Gasteiger partial charge in [-0.15, -0.1) is 0 Å². The molecule has 1 heterocycles. The van der Waals surface area contributed by atoms with Gasteiger partial charge in [-0.1, -0.05) is 75.9 Å². The van der Waals surface area contributed by atoms with Crippen LogP contribution < -0.4 is 5.32 Å². The zero-order valence-corrected chi connectivity index (χ0v) is 19.2. The summed E-state index contributed by atoms with van der Waals surface area (Å²) >= 11 is 1.28. The van der Waals surface area contributed by atoms with Gasteiger partial charge in [0.05, 0.1) is 10.8 Å². The van der Waals surface area contributed by atoms with Gasteiger partial charge in [-0.3, -0.25) is 19.3 Å². The summed E-state index contributed by atoms with van der Waals surface area (Å²) in [7, 11) is 0. The number of hydrogen-bond acceptors (Lipinski definition) is 4. The van der Waals surface area contributed by atoms with Crippen LogP contribution in [-0.4, -0.2) is 34.8 Å². The molecule has 5 nitrogen and oxygen atoms in total. The number of ketones is 1. The van der Waals surface area contributed by atoms with Crippen LogP contribution in [0, 0.1) is 0 Å². The van der Waals surface area contributed by atoms with Crippen LogP contribution in [0.4, 0.5) is 5.69 Å². The number of benzene rings is 2. The van der Waals surface area contributed by atoms with E-state index in [2.05, 4.69) is 26.1 Å². The molecule has 1 fully saturated rings. The highest BCUT2D eigenvalue weighted by atomic mass is 32.2. The first-order valence-corrected chi connectivity index (χ1v) is 11.3. The Morgan fingerprint density at radius 2 is 1.84 bits per heavy atom. The summed E-state index contributed by atoms with van der Waals surface area (Å²) in [5.74, 6) is -0.430. The van der Waals surface area contributed by atoms with Gasteiger partial charge in [0.2, 0.25) is 11.8 Å². The summed E-state index contributed by atoms with van der Waals surface area (Å²) in [6.45, 7) is 8.28. The Morgan fingerprint density at radius 3 is 2.48 bits per heavy atom. The molecular formula is C25H28N2O3S. The summed E-state index contributed by atoms with van der Waals surface area (Å²) < 4.78 is 0. The first-order valence-electron chi connectivity index (χ1n) is 10.4. The molecule has 1 saturated heterocycles. The lowest BCUT2D eigenvalue weighted by atomic mass is 9.86. The Bertz CT molecular complexity index is 1020. The number of carbonyl (C=O) groups is 3. The fourth-order valence-corrected chi connectivity index (χ4v) is 4.18. The lowest BCUT2D eigenvalue weighted by Gasteiger charge is -2.19. The molecule has 0 radical (unpaired) electrons. The molecule has 0 atom stereocenters. The molecule has 1 aliphatic heterocycles. The number of thioether (sulfide) groups is 1. The third-order valence-electron chi connectivity index (χ3n) is 5.12. The van der Waals surface area contributed by atoms with Gasteiger partial charge in [-0.2, -0.15) is 0 Å². The molecule has 0 aliphatic carbocycles. The number of nitrogens with zero attached hydrogens (tertiary/aromatic N) is 1. The summed E-state index contributed by atoms with van der Waals surface area (Å²) in [5, 5.41) is 3.34. The monoisotopic (exact) mass is 436 g/mol. The van der Waals surface area contributed by atoms with E-state index in [1.807, 2.05) is 43.3 Å². The van der Waals surface area contributed by atoms with E-state index in [0.717, 1.165) is 17.5 Å². The van der Waals surface area contributed by atoms with Crippen molar-refractivity contribution in [2.75, 3.05) is 17.6 Å². The smallest absolute Gasteiger partial charge is 0.244 e. The maximum absolute atomic E-state index is 12.7. The number of rotatable bonds is 6. The van der Waals surface area contributed by atoms with Crippen LogP contribution in [0.5, 0.6) is 0 Å². The molecule has 1 aliphatic rings. The van der Waals surface area contributed by atoms with Crippen molar-refractivity contribution in [1.82, 2.24) is 4.90 Å². The van der Waals surface area contributed by atoms with Gasteiger partial charge in [-0.05, 0) is 35.1 Å². The summed E-state index contributed by atoms with van der Waals surface area (Å²) in [6.07, 6.45) is 2.32. The number of allylic oxidation sites excluding steroid dienone is 1. The minimum absolute atomic E-state index is 0.00850. The number of hydrogen-bond donors (Lipinski definition) is 1. The van der Waals surface area contributed by atoms with E-state index in [1.165, 1.54) is 22.7 Å². The number of anilines is 1. The van der Waals surface area contributed by atoms with E-state index in [-0.39, 0.29) is 35.3 Å². The fraction of sp³-hybridized carbons (Fsp3) is 0.320. The van der Waals surface area contributed by atoms with E-state index in [0.29, 0.717) is 16.3 Å². The molecule has 0 unspecified atom stereocenters. The molecule has 6 heteroatoms. The van der Waals surface area contributed by atoms with Crippen LogP contribution >= 0.6 is 11.8 Å². The minimum atomic E-state index is -0.294. The van der Waals surface area contributed by atoms with Crippen LogP contribution in [0.1, 0.15) is 49.2 Å². The number of nitrogens with one attached hydrogen (secondary N) is 1. The summed E-state index contributed by atoms with van der Waals surface area (Å²) in [5.41, 5.74) is 3.53. The molecule has 2 amide bonds. The molecule has 3 rings (SSSR count). The minimum Gasteiger partial charge on any atom is -0.325 e. The maximum Gasteiger partial charge on any atom is 0.244 e. The lowest BCUT2D eigenvalue weighted by molar-refractivity contribution is -0.129. The Hall–Kier alpha value is -2.86. The molecule has 0 spiro atoms. The van der Waals surface area contributed by atoms with Crippen LogP contribution in [0.15, 0.2) is 59.6 Å². The molecule has 0 bridgehead atoms. The van der Waals surface area contributed by atoms with Crippen molar-refractivity contribution < 1.29 is 14.4 Å². The van der Waals surface area contributed by atoms with Gasteiger partial charge >= 0.3 is 0 Å². The molecule has 0 saturated carbocycles. The normalized spacial score (nSPS) is 15.4. The van der Waals surface area contributed by atoms with Gasteiger partial charge in [0.1, 0.15) is 6.54 Å². The standard InChI is InChI=1S/C25H28N2O3S/c1-5-17-7-6-8-20(13-17)26-22(29)15-27-23(30)16-31-24(27)14-21(28)18-9-11-19(12-10-18)25(2,3)4/h6-14H,5,15-16H2,1-4H3,(H,26,29)/b24-14-. The third-order valence-corrected chi connectivity index (χ3v) is 6.15. The molecule has 1 N–H and O–H groups in total. The van der Waals surface area contributed by atoms with Gasteiger partial charge < -0.3 is 5.32 Å². The van der Waals surface area contributed by atoms with Crippen LogP contribution in [0.3, 0.4) is 0 Å². The quantitative estimate of drug-likeness (QED) is 0.523. The molecule has 0 aromatic heterocycles. The predicted molar refractivity (Wildman–Crippen MR) is 126 cm³/mol. The Labute approximate surface area is 187 Å². The predicted octanol–water partition coefficient (Wildman–Crippen LogP) is 4.78. The second kappa shape index (κ2) is 9.52. The Morgan fingerprint density at radius 1 is 1.13 bits per heavy atom. The second-order valence-electron chi connectivity index (χ2n) is 8.54. The second-order valence-corrected chi connectivity index (χ2v) is 9.54. The lowest BCUT2D eigenvalue weighted by Crippen LogP contribution is -2.34. The summed E-state index contributed by atoms with van der Waals surface area (Å²) in [4.78, 5) is 39.0. The molecule has 2 aromatic rings. The van der Waals surface area contributed by atoms with Crippen LogP contribution in [0.2, 0.25) is 0 Å². The van der Waals surface area contributed by atoms with Gasteiger partial charge in [0.15, 0.2) is 5.78 Å². The highest BCUT2D eigenvalue weighted by Crippen LogP contribution is 2.29.